The van der Waals surface area contributed by atoms with Crippen LogP contribution in [0.3, 0.4) is 0 Å². The molecule has 0 aromatic carbocycles. The van der Waals surface area contributed by atoms with Crippen molar-refractivity contribution in [3.05, 3.63) is 0 Å². The number of nitriles is 1. The fraction of sp³-hybridized carbons (Fsp3) is 0.917. The lowest BCUT2D eigenvalue weighted by atomic mass is 10.1. The third-order valence-electron chi connectivity index (χ3n) is 2.21. The van der Waals surface area contributed by atoms with Crippen molar-refractivity contribution in [2.45, 2.75) is 52.1 Å². The van der Waals surface area contributed by atoms with Crippen LogP contribution in [0, 0.1) is 11.3 Å². The van der Waals surface area contributed by atoms with Crippen LogP contribution in [0.15, 0.2) is 0 Å². The van der Waals surface area contributed by atoms with Gasteiger partial charge in [0.05, 0.1) is 19.3 Å². The molecule has 0 aliphatic rings. The van der Waals surface area contributed by atoms with Gasteiger partial charge in [0.1, 0.15) is 6.10 Å². The molecule has 0 bridgehead atoms. The van der Waals surface area contributed by atoms with Crippen molar-refractivity contribution in [1.29, 1.82) is 5.26 Å². The van der Waals surface area contributed by atoms with E-state index in [1.807, 2.05) is 6.92 Å². The monoisotopic (exact) mass is 213 g/mol. The molecule has 0 spiro atoms. The molecule has 0 N–H and O–H groups in total. The molecule has 0 saturated heterocycles. The highest BCUT2D eigenvalue weighted by Crippen LogP contribution is 2.07. The topological polar surface area (TPSA) is 42.2 Å². The van der Waals surface area contributed by atoms with Crippen LogP contribution in [0.4, 0.5) is 0 Å². The van der Waals surface area contributed by atoms with Crippen LogP contribution in [-0.2, 0) is 9.47 Å². The first-order valence-electron chi connectivity index (χ1n) is 5.94. The highest BCUT2D eigenvalue weighted by molar-refractivity contribution is 4.83. The molecule has 15 heavy (non-hydrogen) atoms. The second-order valence-electron chi connectivity index (χ2n) is 3.53. The Kier molecular flexibility index (Phi) is 11.0. The van der Waals surface area contributed by atoms with E-state index in [1.165, 1.54) is 19.3 Å². The summed E-state index contributed by atoms with van der Waals surface area (Å²) in [5.41, 5.74) is 0. The van der Waals surface area contributed by atoms with Crippen molar-refractivity contribution >= 4 is 0 Å². The lowest BCUT2D eigenvalue weighted by Gasteiger charge is -2.10. The Hall–Kier alpha value is -0.590. The van der Waals surface area contributed by atoms with Crippen molar-refractivity contribution in [2.24, 2.45) is 0 Å². The Morgan fingerprint density at radius 3 is 2.53 bits per heavy atom. The maximum Gasteiger partial charge on any atom is 0.144 e. The predicted molar refractivity (Wildman–Crippen MR) is 60.6 cm³/mol. The maximum atomic E-state index is 8.82. The average molecular weight is 213 g/mol. The summed E-state index contributed by atoms with van der Waals surface area (Å²) in [5, 5.41) is 8.82. The molecule has 0 aromatic rings. The molecule has 0 aliphatic carbocycles. The SMILES string of the molecule is CCCCCCC(C#N)OCCOCC. The maximum absolute atomic E-state index is 8.82. The molecule has 0 heterocycles. The molecule has 0 amide bonds. The normalized spacial score (nSPS) is 12.3. The van der Waals surface area contributed by atoms with Crippen LogP contribution in [0.2, 0.25) is 0 Å². The molecule has 3 heteroatoms. The van der Waals surface area contributed by atoms with Gasteiger partial charge in [-0.05, 0) is 19.8 Å². The zero-order chi connectivity index (χ0) is 11.4. The fourth-order valence-electron chi connectivity index (χ4n) is 1.34. The van der Waals surface area contributed by atoms with Gasteiger partial charge in [-0.2, -0.15) is 5.26 Å². The summed E-state index contributed by atoms with van der Waals surface area (Å²) in [6, 6.07) is 2.18. The van der Waals surface area contributed by atoms with Gasteiger partial charge >= 0.3 is 0 Å². The van der Waals surface area contributed by atoms with Crippen molar-refractivity contribution in [1.82, 2.24) is 0 Å². The standard InChI is InChI=1S/C12H23NO2/c1-3-5-6-7-8-12(11-13)15-10-9-14-4-2/h12H,3-10H2,1-2H3. The molecule has 0 rings (SSSR count). The van der Waals surface area contributed by atoms with Crippen LogP contribution in [0.5, 0.6) is 0 Å². The molecular formula is C12H23NO2. The minimum absolute atomic E-state index is 0.248. The number of hydrogen-bond donors (Lipinski definition) is 0. The first-order valence-corrected chi connectivity index (χ1v) is 5.94. The van der Waals surface area contributed by atoms with Crippen LogP contribution in [0.25, 0.3) is 0 Å². The predicted octanol–water partition coefficient (Wildman–Crippen LogP) is 2.90. The average Bonchev–Trinajstić information content (AvgIpc) is 2.27. The van der Waals surface area contributed by atoms with Gasteiger partial charge in [-0.25, -0.2) is 0 Å². The largest absolute Gasteiger partial charge is 0.379 e. The summed E-state index contributed by atoms with van der Waals surface area (Å²) in [5.74, 6) is 0. The van der Waals surface area contributed by atoms with E-state index in [2.05, 4.69) is 13.0 Å². The smallest absolute Gasteiger partial charge is 0.144 e. The second-order valence-corrected chi connectivity index (χ2v) is 3.53. The number of nitrogens with zero attached hydrogens (tertiary/aromatic N) is 1. The Balaban J connectivity index is 3.35. The summed E-state index contributed by atoms with van der Waals surface area (Å²) < 4.78 is 10.5. The number of rotatable bonds is 10. The third kappa shape index (κ3) is 9.71. The van der Waals surface area contributed by atoms with Gasteiger partial charge in [0.15, 0.2) is 0 Å². The lowest BCUT2D eigenvalue weighted by molar-refractivity contribution is 0.0259. The molecule has 0 aromatic heterocycles. The molecule has 1 atom stereocenters. The van der Waals surface area contributed by atoms with Gasteiger partial charge in [0, 0.05) is 6.61 Å². The van der Waals surface area contributed by atoms with Crippen molar-refractivity contribution in [3.63, 3.8) is 0 Å². The molecule has 0 saturated carbocycles. The number of ether oxygens (including phenoxy) is 2. The first kappa shape index (κ1) is 14.4. The highest BCUT2D eigenvalue weighted by atomic mass is 16.5. The summed E-state index contributed by atoms with van der Waals surface area (Å²) >= 11 is 0. The van der Waals surface area contributed by atoms with E-state index < -0.39 is 0 Å². The fourth-order valence-corrected chi connectivity index (χ4v) is 1.34. The molecule has 3 nitrogen and oxygen atoms in total. The molecule has 0 radical (unpaired) electrons. The van der Waals surface area contributed by atoms with Crippen molar-refractivity contribution in [2.75, 3.05) is 19.8 Å². The quantitative estimate of drug-likeness (QED) is 0.524. The summed E-state index contributed by atoms with van der Waals surface area (Å²) in [4.78, 5) is 0. The van der Waals surface area contributed by atoms with E-state index in [-0.39, 0.29) is 6.10 Å². The third-order valence-corrected chi connectivity index (χ3v) is 2.21. The minimum atomic E-state index is -0.248. The number of unbranched alkanes of at least 4 members (excludes halogenated alkanes) is 3. The van der Waals surface area contributed by atoms with Crippen LogP contribution in [0.1, 0.15) is 46.0 Å². The minimum Gasteiger partial charge on any atom is -0.379 e. The number of hydrogen-bond acceptors (Lipinski definition) is 3. The molecular weight excluding hydrogens is 190 g/mol. The summed E-state index contributed by atoms with van der Waals surface area (Å²) in [6.45, 7) is 5.95. The Labute approximate surface area is 93.4 Å². The van der Waals surface area contributed by atoms with E-state index in [9.17, 15) is 0 Å². The van der Waals surface area contributed by atoms with E-state index in [0.29, 0.717) is 19.8 Å². The highest BCUT2D eigenvalue weighted by Gasteiger charge is 2.06. The van der Waals surface area contributed by atoms with E-state index >= 15 is 0 Å². The van der Waals surface area contributed by atoms with Crippen LogP contribution >= 0.6 is 0 Å². The van der Waals surface area contributed by atoms with E-state index in [1.54, 1.807) is 0 Å². The zero-order valence-corrected chi connectivity index (χ0v) is 10.00. The lowest BCUT2D eigenvalue weighted by Crippen LogP contribution is -2.14. The Bertz CT molecular complexity index is 153. The van der Waals surface area contributed by atoms with Crippen LogP contribution < -0.4 is 0 Å². The summed E-state index contributed by atoms with van der Waals surface area (Å²) in [7, 11) is 0. The van der Waals surface area contributed by atoms with Gasteiger partial charge in [-0.3, -0.25) is 0 Å². The van der Waals surface area contributed by atoms with Gasteiger partial charge in [-0.1, -0.05) is 26.2 Å². The molecule has 1 unspecified atom stereocenters. The van der Waals surface area contributed by atoms with Gasteiger partial charge in [0.25, 0.3) is 0 Å². The van der Waals surface area contributed by atoms with E-state index in [4.69, 9.17) is 14.7 Å². The molecule has 88 valence electrons. The van der Waals surface area contributed by atoms with E-state index in [0.717, 1.165) is 12.8 Å². The van der Waals surface area contributed by atoms with Crippen LogP contribution in [-0.4, -0.2) is 25.9 Å². The van der Waals surface area contributed by atoms with Crippen molar-refractivity contribution in [3.8, 4) is 6.07 Å². The molecule has 0 aliphatic heterocycles. The Morgan fingerprint density at radius 1 is 1.13 bits per heavy atom. The zero-order valence-electron chi connectivity index (χ0n) is 10.00. The first-order chi connectivity index (χ1) is 7.35. The van der Waals surface area contributed by atoms with Gasteiger partial charge < -0.3 is 9.47 Å². The van der Waals surface area contributed by atoms with Gasteiger partial charge in [0.2, 0.25) is 0 Å². The Morgan fingerprint density at radius 2 is 1.93 bits per heavy atom. The summed E-state index contributed by atoms with van der Waals surface area (Å²) in [6.07, 6.45) is 5.36. The second kappa shape index (κ2) is 11.5. The molecule has 0 fully saturated rings. The van der Waals surface area contributed by atoms with Crippen molar-refractivity contribution < 1.29 is 9.47 Å². The van der Waals surface area contributed by atoms with Gasteiger partial charge in [-0.15, -0.1) is 0 Å².